The molecule has 1 aromatic rings. The van der Waals surface area contributed by atoms with Crippen molar-refractivity contribution in [1.82, 2.24) is 5.32 Å². The van der Waals surface area contributed by atoms with Crippen LogP contribution in [0.1, 0.15) is 24.8 Å². The van der Waals surface area contributed by atoms with Crippen molar-refractivity contribution in [2.75, 3.05) is 18.0 Å². The molecule has 1 unspecified atom stereocenters. The van der Waals surface area contributed by atoms with E-state index in [0.29, 0.717) is 13.0 Å². The quantitative estimate of drug-likeness (QED) is 0.376. The summed E-state index contributed by atoms with van der Waals surface area (Å²) in [4.78, 5) is 36.3. The molecule has 0 bridgehead atoms. The number of anilines is 1. The number of rotatable bonds is 7. The third-order valence-corrected chi connectivity index (χ3v) is 3.84. The fourth-order valence-corrected chi connectivity index (χ4v) is 2.62. The van der Waals surface area contributed by atoms with Crippen LogP contribution < -0.4 is 16.1 Å². The largest absolute Gasteiger partial charge is 0.481 e. The van der Waals surface area contributed by atoms with Gasteiger partial charge in [-0.3, -0.25) is 14.4 Å². The molecule has 1 atom stereocenters. The van der Waals surface area contributed by atoms with E-state index >= 15 is 0 Å². The molecular formula is C16H20N4O4. The van der Waals surface area contributed by atoms with E-state index in [0.717, 1.165) is 11.3 Å². The third kappa shape index (κ3) is 4.55. The second-order valence-corrected chi connectivity index (χ2v) is 5.54. The van der Waals surface area contributed by atoms with E-state index in [1.54, 1.807) is 4.90 Å². The van der Waals surface area contributed by atoms with Gasteiger partial charge in [0.1, 0.15) is 0 Å². The Balaban J connectivity index is 1.89. The number of carbonyl (C=O) groups is 3. The van der Waals surface area contributed by atoms with E-state index in [1.807, 2.05) is 24.3 Å². The number of nitrogens with one attached hydrogen (secondary N) is 1. The van der Waals surface area contributed by atoms with Crippen molar-refractivity contribution in [3.63, 3.8) is 0 Å². The minimum atomic E-state index is -0.971. The second-order valence-electron chi connectivity index (χ2n) is 5.54. The monoisotopic (exact) mass is 332 g/mol. The number of carboxylic acid groups (broad SMARTS) is 1. The van der Waals surface area contributed by atoms with E-state index < -0.39 is 5.97 Å². The second kappa shape index (κ2) is 8.09. The number of benzene rings is 1. The molecule has 4 N–H and O–H groups in total. The maximum absolute atomic E-state index is 12.4. The summed E-state index contributed by atoms with van der Waals surface area (Å²) in [5.74, 6) is 3.35. The van der Waals surface area contributed by atoms with Gasteiger partial charge in [0.25, 0.3) is 0 Å². The molecule has 24 heavy (non-hydrogen) atoms. The molecule has 0 radical (unpaired) electrons. The number of carbonyl (C=O) groups excluding carboxylic acids is 2. The fraction of sp³-hybridized carbons (Fsp3) is 0.375. The Bertz CT molecular complexity index is 642. The highest BCUT2D eigenvalue weighted by atomic mass is 16.4. The predicted molar refractivity (Wildman–Crippen MR) is 88.6 cm³/mol. The van der Waals surface area contributed by atoms with Crippen LogP contribution in [0.25, 0.3) is 0 Å². The molecule has 2 rings (SSSR count). The standard InChI is InChI=1S/C16H20N4O4/c17-19-10-11-1-3-13(4-2-11)20-8-6-12(16(20)24)9-14(21)18-7-5-15(22)23/h1-4,10,12H,5-9,17H2,(H,18,21)(H,22,23). The van der Waals surface area contributed by atoms with Crippen LogP contribution in [-0.2, 0) is 14.4 Å². The average Bonchev–Trinajstić information content (AvgIpc) is 2.89. The fourth-order valence-electron chi connectivity index (χ4n) is 2.62. The van der Waals surface area contributed by atoms with Crippen LogP contribution in [0, 0.1) is 5.92 Å². The molecule has 128 valence electrons. The van der Waals surface area contributed by atoms with Crippen molar-refractivity contribution < 1.29 is 19.5 Å². The zero-order valence-electron chi connectivity index (χ0n) is 13.1. The lowest BCUT2D eigenvalue weighted by Gasteiger charge is -2.17. The molecular weight excluding hydrogens is 312 g/mol. The molecule has 1 saturated heterocycles. The van der Waals surface area contributed by atoms with E-state index in [1.165, 1.54) is 6.21 Å². The molecule has 8 heteroatoms. The smallest absolute Gasteiger partial charge is 0.305 e. The predicted octanol–water partition coefficient (Wildman–Crippen LogP) is 0.313. The molecule has 1 fully saturated rings. The lowest BCUT2D eigenvalue weighted by Crippen LogP contribution is -2.31. The number of nitrogens with zero attached hydrogens (tertiary/aromatic N) is 2. The first-order chi connectivity index (χ1) is 11.5. The SMILES string of the molecule is NN=Cc1ccc(N2CCC(CC(=O)NCCC(=O)O)C2=O)cc1. The summed E-state index contributed by atoms with van der Waals surface area (Å²) >= 11 is 0. The molecule has 0 aliphatic carbocycles. The van der Waals surface area contributed by atoms with E-state index in [-0.39, 0.29) is 37.1 Å². The number of amides is 2. The summed E-state index contributed by atoms with van der Waals surface area (Å²) in [5.41, 5.74) is 1.60. The Hall–Kier alpha value is -2.90. The van der Waals surface area contributed by atoms with E-state index in [9.17, 15) is 14.4 Å². The summed E-state index contributed by atoms with van der Waals surface area (Å²) in [5, 5.41) is 14.5. The molecule has 1 aliphatic rings. The summed E-state index contributed by atoms with van der Waals surface area (Å²) in [7, 11) is 0. The minimum Gasteiger partial charge on any atom is -0.481 e. The normalized spacial score (nSPS) is 17.4. The Kier molecular flexibility index (Phi) is 5.89. The van der Waals surface area contributed by atoms with Crippen molar-refractivity contribution in [3.05, 3.63) is 29.8 Å². The van der Waals surface area contributed by atoms with Crippen molar-refractivity contribution >= 4 is 29.7 Å². The van der Waals surface area contributed by atoms with E-state index in [4.69, 9.17) is 10.9 Å². The number of aliphatic carboxylic acids is 1. The highest BCUT2D eigenvalue weighted by Gasteiger charge is 2.33. The van der Waals surface area contributed by atoms with Gasteiger partial charge in [-0.2, -0.15) is 5.10 Å². The number of carboxylic acids is 1. The highest BCUT2D eigenvalue weighted by molar-refractivity contribution is 5.99. The molecule has 1 heterocycles. The number of nitrogens with two attached hydrogens (primary N) is 1. The first kappa shape index (κ1) is 17.5. The van der Waals surface area contributed by atoms with Gasteiger partial charge in [-0.05, 0) is 24.1 Å². The zero-order valence-corrected chi connectivity index (χ0v) is 13.1. The molecule has 2 amide bonds. The van der Waals surface area contributed by atoms with Gasteiger partial charge < -0.3 is 21.2 Å². The van der Waals surface area contributed by atoms with Crippen molar-refractivity contribution in [1.29, 1.82) is 0 Å². The Labute approximate surface area is 139 Å². The van der Waals surface area contributed by atoms with Crippen LogP contribution in [0.3, 0.4) is 0 Å². The van der Waals surface area contributed by atoms with Crippen LogP contribution in [0.15, 0.2) is 29.4 Å². The van der Waals surface area contributed by atoms with Gasteiger partial charge in [-0.25, -0.2) is 0 Å². The summed E-state index contributed by atoms with van der Waals surface area (Å²) in [6.45, 7) is 0.624. The molecule has 1 aromatic carbocycles. The lowest BCUT2D eigenvalue weighted by atomic mass is 10.0. The highest BCUT2D eigenvalue weighted by Crippen LogP contribution is 2.27. The van der Waals surface area contributed by atoms with Gasteiger partial charge in [-0.15, -0.1) is 0 Å². The van der Waals surface area contributed by atoms with Gasteiger partial charge in [-0.1, -0.05) is 12.1 Å². The first-order valence-electron chi connectivity index (χ1n) is 7.64. The van der Waals surface area contributed by atoms with Gasteiger partial charge in [0.2, 0.25) is 11.8 Å². The van der Waals surface area contributed by atoms with Crippen LogP contribution in [0.2, 0.25) is 0 Å². The van der Waals surface area contributed by atoms with Crippen LogP contribution in [-0.4, -0.2) is 42.2 Å². The minimum absolute atomic E-state index is 0.0724. The van der Waals surface area contributed by atoms with Crippen molar-refractivity contribution in [2.45, 2.75) is 19.3 Å². The van der Waals surface area contributed by atoms with Gasteiger partial charge in [0, 0.05) is 31.1 Å². The topological polar surface area (TPSA) is 125 Å². The number of hydrogen-bond acceptors (Lipinski definition) is 5. The van der Waals surface area contributed by atoms with Gasteiger partial charge >= 0.3 is 5.97 Å². The molecule has 8 nitrogen and oxygen atoms in total. The summed E-state index contributed by atoms with van der Waals surface area (Å²) in [6.07, 6.45) is 2.05. The Morgan fingerprint density at radius 3 is 2.71 bits per heavy atom. The molecule has 1 aliphatic heterocycles. The zero-order chi connectivity index (χ0) is 17.5. The first-order valence-corrected chi connectivity index (χ1v) is 7.64. The Morgan fingerprint density at radius 2 is 2.08 bits per heavy atom. The van der Waals surface area contributed by atoms with Crippen LogP contribution in [0.4, 0.5) is 5.69 Å². The lowest BCUT2D eigenvalue weighted by molar-refractivity contribution is -0.137. The van der Waals surface area contributed by atoms with E-state index in [2.05, 4.69) is 10.4 Å². The molecule has 0 spiro atoms. The van der Waals surface area contributed by atoms with Gasteiger partial charge in [0.05, 0.1) is 12.6 Å². The van der Waals surface area contributed by atoms with Crippen LogP contribution in [0.5, 0.6) is 0 Å². The van der Waals surface area contributed by atoms with Gasteiger partial charge in [0.15, 0.2) is 0 Å². The molecule has 0 aromatic heterocycles. The molecule has 0 saturated carbocycles. The summed E-state index contributed by atoms with van der Waals surface area (Å²) < 4.78 is 0. The number of hydrazone groups is 1. The maximum atomic E-state index is 12.4. The third-order valence-electron chi connectivity index (χ3n) is 3.84. The van der Waals surface area contributed by atoms with Crippen molar-refractivity contribution in [2.24, 2.45) is 16.9 Å². The van der Waals surface area contributed by atoms with Crippen molar-refractivity contribution in [3.8, 4) is 0 Å². The average molecular weight is 332 g/mol. The summed E-state index contributed by atoms with van der Waals surface area (Å²) in [6, 6.07) is 7.24. The number of hydrogen-bond donors (Lipinski definition) is 3. The Morgan fingerprint density at radius 1 is 1.38 bits per heavy atom. The maximum Gasteiger partial charge on any atom is 0.305 e. The van der Waals surface area contributed by atoms with Crippen LogP contribution >= 0.6 is 0 Å².